The SMILES string of the molecule is c1cc2nccnc2c(Nc2ccc3[nH]ccc3c2)n1. The van der Waals surface area contributed by atoms with Crippen LogP contribution in [0, 0.1) is 0 Å². The van der Waals surface area contributed by atoms with Crippen molar-refractivity contribution in [2.75, 3.05) is 5.32 Å². The van der Waals surface area contributed by atoms with Crippen LogP contribution < -0.4 is 5.32 Å². The van der Waals surface area contributed by atoms with Crippen LogP contribution in [0.1, 0.15) is 0 Å². The van der Waals surface area contributed by atoms with Crippen molar-refractivity contribution in [2.24, 2.45) is 0 Å². The Hall–Kier alpha value is -2.95. The molecule has 0 radical (unpaired) electrons. The van der Waals surface area contributed by atoms with E-state index >= 15 is 0 Å². The highest BCUT2D eigenvalue weighted by molar-refractivity contribution is 5.89. The predicted octanol–water partition coefficient (Wildman–Crippen LogP) is 3.25. The second-order valence-electron chi connectivity index (χ2n) is 4.49. The first-order chi connectivity index (χ1) is 9.90. The Morgan fingerprint density at radius 2 is 1.85 bits per heavy atom. The number of pyridine rings is 1. The summed E-state index contributed by atoms with van der Waals surface area (Å²) >= 11 is 0. The normalized spacial score (nSPS) is 11.0. The first kappa shape index (κ1) is 10.9. The second-order valence-corrected chi connectivity index (χ2v) is 4.49. The molecular weight excluding hydrogens is 250 g/mol. The van der Waals surface area contributed by atoms with Crippen molar-refractivity contribution in [3.63, 3.8) is 0 Å². The van der Waals surface area contributed by atoms with Crippen molar-refractivity contribution in [1.29, 1.82) is 0 Å². The fraction of sp³-hybridized carbons (Fsp3) is 0. The lowest BCUT2D eigenvalue weighted by Gasteiger charge is -2.07. The van der Waals surface area contributed by atoms with Crippen molar-refractivity contribution in [3.8, 4) is 0 Å². The zero-order valence-electron chi connectivity index (χ0n) is 10.5. The number of nitrogens with one attached hydrogen (secondary N) is 2. The Morgan fingerprint density at radius 1 is 0.900 bits per heavy atom. The number of H-pyrrole nitrogens is 1. The molecule has 0 aliphatic rings. The van der Waals surface area contributed by atoms with Crippen LogP contribution in [0.5, 0.6) is 0 Å². The zero-order valence-corrected chi connectivity index (χ0v) is 10.5. The predicted molar refractivity (Wildman–Crippen MR) is 78.9 cm³/mol. The summed E-state index contributed by atoms with van der Waals surface area (Å²) in [6.07, 6.45) is 7.01. The van der Waals surface area contributed by atoms with Gasteiger partial charge in [-0.25, -0.2) is 9.97 Å². The molecule has 0 aliphatic carbocycles. The number of benzene rings is 1. The summed E-state index contributed by atoms with van der Waals surface area (Å²) in [7, 11) is 0. The van der Waals surface area contributed by atoms with E-state index in [-0.39, 0.29) is 0 Å². The lowest BCUT2D eigenvalue weighted by atomic mass is 10.2. The molecule has 0 spiro atoms. The molecule has 0 aliphatic heterocycles. The molecule has 0 saturated heterocycles. The van der Waals surface area contributed by atoms with E-state index in [2.05, 4.69) is 31.3 Å². The lowest BCUT2D eigenvalue weighted by Crippen LogP contribution is -1.96. The highest BCUT2D eigenvalue weighted by Crippen LogP contribution is 2.23. The topological polar surface area (TPSA) is 66.5 Å². The van der Waals surface area contributed by atoms with Gasteiger partial charge in [-0.1, -0.05) is 0 Å². The van der Waals surface area contributed by atoms with E-state index in [1.165, 1.54) is 0 Å². The van der Waals surface area contributed by atoms with Gasteiger partial charge in [-0.2, -0.15) is 0 Å². The Balaban J connectivity index is 1.80. The molecule has 0 amide bonds. The summed E-state index contributed by atoms with van der Waals surface area (Å²) in [6.45, 7) is 0. The second kappa shape index (κ2) is 4.31. The molecule has 0 saturated carbocycles. The number of fused-ring (bicyclic) bond motifs is 2. The summed E-state index contributed by atoms with van der Waals surface area (Å²) in [4.78, 5) is 16.1. The highest BCUT2D eigenvalue weighted by Gasteiger charge is 2.05. The van der Waals surface area contributed by atoms with Crippen LogP contribution in [0.4, 0.5) is 11.5 Å². The summed E-state index contributed by atoms with van der Waals surface area (Å²) in [5.74, 6) is 0.713. The van der Waals surface area contributed by atoms with E-state index in [1.807, 2.05) is 30.5 Å². The van der Waals surface area contributed by atoms with E-state index in [0.29, 0.717) is 5.82 Å². The van der Waals surface area contributed by atoms with Crippen LogP contribution in [0.25, 0.3) is 21.9 Å². The van der Waals surface area contributed by atoms with Gasteiger partial charge < -0.3 is 10.3 Å². The maximum atomic E-state index is 4.35. The number of rotatable bonds is 2. The first-order valence-corrected chi connectivity index (χ1v) is 6.30. The van der Waals surface area contributed by atoms with Crippen molar-refractivity contribution < 1.29 is 0 Å². The molecule has 4 aromatic rings. The smallest absolute Gasteiger partial charge is 0.158 e. The molecule has 20 heavy (non-hydrogen) atoms. The minimum absolute atomic E-state index is 0.713. The molecule has 0 fully saturated rings. The lowest BCUT2D eigenvalue weighted by molar-refractivity contribution is 1.24. The van der Waals surface area contributed by atoms with Crippen molar-refractivity contribution in [3.05, 3.63) is 55.1 Å². The molecular formula is C15H11N5. The van der Waals surface area contributed by atoms with Crippen LogP contribution in [-0.4, -0.2) is 19.9 Å². The molecule has 2 N–H and O–H groups in total. The van der Waals surface area contributed by atoms with Crippen LogP contribution in [0.2, 0.25) is 0 Å². The third kappa shape index (κ3) is 1.76. The van der Waals surface area contributed by atoms with Gasteiger partial charge in [-0.05, 0) is 30.3 Å². The molecule has 5 nitrogen and oxygen atoms in total. The van der Waals surface area contributed by atoms with Gasteiger partial charge in [-0.3, -0.25) is 4.98 Å². The van der Waals surface area contributed by atoms with Crippen molar-refractivity contribution in [2.45, 2.75) is 0 Å². The Kier molecular flexibility index (Phi) is 2.35. The zero-order chi connectivity index (χ0) is 13.4. The highest BCUT2D eigenvalue weighted by atomic mass is 15.0. The molecule has 4 rings (SSSR count). The van der Waals surface area contributed by atoms with Gasteiger partial charge in [0.25, 0.3) is 0 Å². The van der Waals surface area contributed by atoms with Crippen LogP contribution in [0.15, 0.2) is 55.1 Å². The third-order valence-corrected chi connectivity index (χ3v) is 3.20. The maximum Gasteiger partial charge on any atom is 0.158 e. The van der Waals surface area contributed by atoms with Gasteiger partial charge in [0, 0.05) is 41.4 Å². The minimum atomic E-state index is 0.713. The van der Waals surface area contributed by atoms with Gasteiger partial charge in [0.2, 0.25) is 0 Å². The molecule has 96 valence electrons. The van der Waals surface area contributed by atoms with Crippen molar-refractivity contribution in [1.82, 2.24) is 19.9 Å². The standard InChI is InChI=1S/C15H11N5/c1-2-12-10(3-5-16-12)9-11(1)20-15-14-13(4-6-19-15)17-7-8-18-14/h1-9,16H,(H,19,20). The molecule has 0 atom stereocenters. The first-order valence-electron chi connectivity index (χ1n) is 6.30. The van der Waals surface area contributed by atoms with Gasteiger partial charge in [-0.15, -0.1) is 0 Å². The van der Waals surface area contributed by atoms with Crippen LogP contribution in [-0.2, 0) is 0 Å². The summed E-state index contributed by atoms with van der Waals surface area (Å²) in [5, 5.41) is 4.46. The summed E-state index contributed by atoms with van der Waals surface area (Å²) in [5.41, 5.74) is 3.68. The van der Waals surface area contributed by atoms with Gasteiger partial charge in [0.15, 0.2) is 5.82 Å². The molecule has 5 heteroatoms. The van der Waals surface area contributed by atoms with E-state index in [1.54, 1.807) is 18.6 Å². The quantitative estimate of drug-likeness (QED) is 0.581. The number of aromatic nitrogens is 4. The molecule has 3 heterocycles. The average Bonchev–Trinajstić information content (AvgIpc) is 2.95. The number of nitrogens with zero attached hydrogens (tertiary/aromatic N) is 3. The number of anilines is 2. The van der Waals surface area contributed by atoms with Crippen LogP contribution >= 0.6 is 0 Å². The maximum absolute atomic E-state index is 4.35. The average molecular weight is 261 g/mol. The van der Waals surface area contributed by atoms with E-state index in [4.69, 9.17) is 0 Å². The Bertz CT molecular complexity index is 891. The van der Waals surface area contributed by atoms with Gasteiger partial charge >= 0.3 is 0 Å². The number of hydrogen-bond acceptors (Lipinski definition) is 4. The number of aromatic amines is 1. The van der Waals surface area contributed by atoms with Crippen LogP contribution in [0.3, 0.4) is 0 Å². The Morgan fingerprint density at radius 3 is 2.85 bits per heavy atom. The molecule has 0 unspecified atom stereocenters. The van der Waals surface area contributed by atoms with Gasteiger partial charge in [0.1, 0.15) is 5.52 Å². The third-order valence-electron chi connectivity index (χ3n) is 3.20. The molecule has 0 bridgehead atoms. The fourth-order valence-corrected chi connectivity index (χ4v) is 2.26. The van der Waals surface area contributed by atoms with Crippen molar-refractivity contribution >= 4 is 33.4 Å². The molecule has 1 aromatic carbocycles. The van der Waals surface area contributed by atoms with Gasteiger partial charge in [0.05, 0.1) is 5.52 Å². The largest absolute Gasteiger partial charge is 0.361 e. The number of hydrogen-bond donors (Lipinski definition) is 2. The minimum Gasteiger partial charge on any atom is -0.361 e. The monoisotopic (exact) mass is 261 g/mol. The van der Waals surface area contributed by atoms with E-state index in [0.717, 1.165) is 27.6 Å². The summed E-state index contributed by atoms with van der Waals surface area (Å²) < 4.78 is 0. The fourth-order valence-electron chi connectivity index (χ4n) is 2.26. The summed E-state index contributed by atoms with van der Waals surface area (Å²) in [6, 6.07) is 10.0. The molecule has 3 aromatic heterocycles. The van der Waals surface area contributed by atoms with E-state index in [9.17, 15) is 0 Å². The van der Waals surface area contributed by atoms with E-state index < -0.39 is 0 Å². The Labute approximate surface area is 114 Å².